The van der Waals surface area contributed by atoms with E-state index in [-0.39, 0.29) is 44.4 Å². The SMILES string of the molecule is CCN1C(=O)CC[C-]=C1c1ccc(O)cc1Br.[Y]. The Morgan fingerprint density at radius 1 is 1.50 bits per heavy atom. The first-order chi connectivity index (χ1) is 8.13. The third-order valence-corrected chi connectivity index (χ3v) is 3.38. The van der Waals surface area contributed by atoms with Gasteiger partial charge in [-0.2, -0.15) is 0 Å². The van der Waals surface area contributed by atoms with E-state index in [1.165, 1.54) is 0 Å². The molecule has 1 aromatic rings. The molecule has 1 heterocycles. The van der Waals surface area contributed by atoms with Crippen molar-refractivity contribution in [2.75, 3.05) is 6.54 Å². The Bertz CT molecular complexity index is 488. The first kappa shape index (κ1) is 15.9. The third kappa shape index (κ3) is 3.22. The molecule has 1 amide bonds. The van der Waals surface area contributed by atoms with Crippen LogP contribution in [0, 0.1) is 6.08 Å². The molecule has 2 rings (SSSR count). The summed E-state index contributed by atoms with van der Waals surface area (Å²) in [7, 11) is 0. The fraction of sp³-hybridized carbons (Fsp3) is 0.308. The minimum absolute atomic E-state index is 0. The molecule has 1 aliphatic rings. The first-order valence-corrected chi connectivity index (χ1v) is 6.33. The van der Waals surface area contributed by atoms with Crippen LogP contribution in [0.3, 0.4) is 0 Å². The van der Waals surface area contributed by atoms with Crippen LogP contribution in [0.4, 0.5) is 0 Å². The van der Waals surface area contributed by atoms with E-state index in [1.807, 2.05) is 6.92 Å². The van der Waals surface area contributed by atoms with Gasteiger partial charge in [-0.15, -0.1) is 23.7 Å². The van der Waals surface area contributed by atoms with Crippen LogP contribution in [0.2, 0.25) is 0 Å². The van der Waals surface area contributed by atoms with Crippen LogP contribution in [0.25, 0.3) is 5.70 Å². The van der Waals surface area contributed by atoms with Gasteiger partial charge in [-0.25, -0.2) is 6.08 Å². The number of carbonyl (C=O) groups is 1. The molecular weight excluding hydrogens is 371 g/mol. The van der Waals surface area contributed by atoms with E-state index >= 15 is 0 Å². The molecule has 93 valence electrons. The van der Waals surface area contributed by atoms with Gasteiger partial charge in [-0.1, -0.05) is 20.4 Å². The minimum Gasteiger partial charge on any atom is -0.508 e. The predicted molar refractivity (Wildman–Crippen MR) is 69.1 cm³/mol. The summed E-state index contributed by atoms with van der Waals surface area (Å²) in [5.41, 5.74) is 1.69. The molecule has 0 aromatic heterocycles. The standard InChI is InChI=1S/C13H13BrNO2.Y/c1-2-15-12(4-3-5-13(15)17)10-7-6-9(16)8-11(10)14;/h6-8,16H,2-3,5H2,1H3;/q-1;. The average Bonchev–Trinajstić information content (AvgIpc) is 2.29. The number of nitrogens with zero attached hydrogens (tertiary/aromatic N) is 1. The maximum Gasteiger partial charge on any atom is 0.223 e. The van der Waals surface area contributed by atoms with Crippen molar-refractivity contribution in [2.45, 2.75) is 19.8 Å². The van der Waals surface area contributed by atoms with Gasteiger partial charge >= 0.3 is 0 Å². The van der Waals surface area contributed by atoms with Crippen molar-refractivity contribution in [1.29, 1.82) is 0 Å². The Morgan fingerprint density at radius 2 is 2.22 bits per heavy atom. The number of phenols is 1. The van der Waals surface area contributed by atoms with Gasteiger partial charge in [0.05, 0.1) is 0 Å². The smallest absolute Gasteiger partial charge is 0.223 e. The molecule has 0 aliphatic carbocycles. The van der Waals surface area contributed by atoms with Crippen LogP contribution in [0.15, 0.2) is 22.7 Å². The first-order valence-electron chi connectivity index (χ1n) is 5.53. The summed E-state index contributed by atoms with van der Waals surface area (Å²) in [6, 6.07) is 5.03. The quantitative estimate of drug-likeness (QED) is 0.797. The number of rotatable bonds is 2. The molecular formula is C13H13BrNO2Y-. The molecule has 0 fully saturated rings. The van der Waals surface area contributed by atoms with Crippen molar-refractivity contribution < 1.29 is 42.6 Å². The summed E-state index contributed by atoms with van der Waals surface area (Å²) in [4.78, 5) is 13.5. The van der Waals surface area contributed by atoms with Crippen LogP contribution in [0.1, 0.15) is 25.3 Å². The molecule has 0 saturated carbocycles. The Balaban J connectivity index is 0.00000162. The van der Waals surface area contributed by atoms with Crippen molar-refractivity contribution in [3.05, 3.63) is 34.3 Å². The van der Waals surface area contributed by atoms with Crippen molar-refractivity contribution in [2.24, 2.45) is 0 Å². The molecule has 0 saturated heterocycles. The molecule has 0 bridgehead atoms. The Hall–Kier alpha value is -0.186. The van der Waals surface area contributed by atoms with E-state index < -0.39 is 0 Å². The number of hydrogen-bond donors (Lipinski definition) is 1. The molecule has 0 atom stereocenters. The molecule has 0 spiro atoms. The third-order valence-electron chi connectivity index (χ3n) is 2.73. The van der Waals surface area contributed by atoms with E-state index in [0.717, 1.165) is 15.7 Å². The van der Waals surface area contributed by atoms with Gasteiger partial charge in [0, 0.05) is 45.7 Å². The molecule has 1 N–H and O–H groups in total. The second-order valence-electron chi connectivity index (χ2n) is 3.83. The summed E-state index contributed by atoms with van der Waals surface area (Å²) in [6.45, 7) is 2.58. The maximum atomic E-state index is 11.8. The summed E-state index contributed by atoms with van der Waals surface area (Å²) >= 11 is 3.40. The minimum atomic E-state index is 0. The van der Waals surface area contributed by atoms with Crippen molar-refractivity contribution in [3.8, 4) is 5.75 Å². The van der Waals surface area contributed by atoms with Gasteiger partial charge in [0.2, 0.25) is 5.91 Å². The Kier molecular flexibility index (Phi) is 6.02. The van der Waals surface area contributed by atoms with E-state index in [9.17, 15) is 9.90 Å². The fourth-order valence-corrected chi connectivity index (χ4v) is 2.47. The summed E-state index contributed by atoms with van der Waals surface area (Å²) in [5, 5.41) is 9.37. The number of allylic oxidation sites excluding steroid dienone is 1. The zero-order valence-electron chi connectivity index (χ0n) is 10.1. The van der Waals surface area contributed by atoms with Gasteiger partial charge in [0.1, 0.15) is 5.75 Å². The van der Waals surface area contributed by atoms with Crippen molar-refractivity contribution >= 4 is 27.5 Å². The number of carbonyl (C=O) groups excluding carboxylic acids is 1. The van der Waals surface area contributed by atoms with Crippen LogP contribution >= 0.6 is 15.9 Å². The van der Waals surface area contributed by atoms with E-state index in [4.69, 9.17) is 0 Å². The van der Waals surface area contributed by atoms with Crippen molar-refractivity contribution in [3.63, 3.8) is 0 Å². The number of aromatic hydroxyl groups is 1. The number of amides is 1. The van der Waals surface area contributed by atoms with Crippen LogP contribution < -0.4 is 0 Å². The number of benzene rings is 1. The maximum absolute atomic E-state index is 11.8. The summed E-state index contributed by atoms with van der Waals surface area (Å²) < 4.78 is 0.771. The van der Waals surface area contributed by atoms with E-state index in [1.54, 1.807) is 23.1 Å². The van der Waals surface area contributed by atoms with Gasteiger partial charge in [0.15, 0.2) is 0 Å². The van der Waals surface area contributed by atoms with E-state index in [2.05, 4.69) is 22.0 Å². The van der Waals surface area contributed by atoms with Gasteiger partial charge < -0.3 is 10.0 Å². The fourth-order valence-electron chi connectivity index (χ4n) is 1.91. The zero-order chi connectivity index (χ0) is 12.4. The average molecular weight is 384 g/mol. The molecule has 3 nitrogen and oxygen atoms in total. The number of hydrogen-bond acceptors (Lipinski definition) is 2. The predicted octanol–water partition coefficient (Wildman–Crippen LogP) is 2.94. The monoisotopic (exact) mass is 383 g/mol. The van der Waals surface area contributed by atoms with Crippen molar-refractivity contribution in [1.82, 2.24) is 4.90 Å². The number of phenolic OH excluding ortho intramolecular Hbond substituents is 1. The number of halogens is 1. The largest absolute Gasteiger partial charge is 0.508 e. The topological polar surface area (TPSA) is 40.5 Å². The Labute approximate surface area is 140 Å². The molecule has 1 aromatic carbocycles. The van der Waals surface area contributed by atoms with E-state index in [0.29, 0.717) is 19.4 Å². The van der Waals surface area contributed by atoms with Crippen LogP contribution in [0.5, 0.6) is 5.75 Å². The van der Waals surface area contributed by atoms with Crippen LogP contribution in [-0.2, 0) is 37.5 Å². The molecule has 5 heteroatoms. The normalized spacial score (nSPS) is 15.1. The molecule has 18 heavy (non-hydrogen) atoms. The summed E-state index contributed by atoms with van der Waals surface area (Å²) in [6.07, 6.45) is 4.41. The molecule has 1 radical (unpaired) electrons. The molecule has 0 unspecified atom stereocenters. The second-order valence-corrected chi connectivity index (χ2v) is 4.68. The van der Waals surface area contributed by atoms with Gasteiger partial charge in [-0.3, -0.25) is 4.79 Å². The van der Waals surface area contributed by atoms with Crippen LogP contribution in [-0.4, -0.2) is 22.5 Å². The van der Waals surface area contributed by atoms with Gasteiger partial charge in [0.25, 0.3) is 0 Å². The van der Waals surface area contributed by atoms with Gasteiger partial charge in [-0.05, 0) is 19.1 Å². The Morgan fingerprint density at radius 3 is 2.83 bits per heavy atom. The second kappa shape index (κ2) is 6.83. The molecule has 1 aliphatic heterocycles. The summed E-state index contributed by atoms with van der Waals surface area (Å²) in [5.74, 6) is 0.327. The zero-order valence-corrected chi connectivity index (χ0v) is 14.5.